The van der Waals surface area contributed by atoms with E-state index in [1.807, 2.05) is 6.92 Å². The van der Waals surface area contributed by atoms with Crippen LogP contribution in [0.15, 0.2) is 4.52 Å². The molecule has 0 bridgehead atoms. The Morgan fingerprint density at radius 3 is 2.95 bits per heavy atom. The second-order valence-electron chi connectivity index (χ2n) is 5.71. The first-order chi connectivity index (χ1) is 9.45. The molecule has 1 saturated heterocycles. The lowest BCUT2D eigenvalue weighted by Gasteiger charge is -2.35. The Labute approximate surface area is 118 Å². The minimum Gasteiger partial charge on any atom is -0.481 e. The van der Waals surface area contributed by atoms with Crippen LogP contribution in [0.4, 0.5) is 0 Å². The van der Waals surface area contributed by atoms with Crippen molar-refractivity contribution in [3.8, 4) is 0 Å². The number of hydrogen-bond acceptors (Lipinski definition) is 6. The fourth-order valence-corrected chi connectivity index (χ4v) is 2.44. The zero-order valence-electron chi connectivity index (χ0n) is 12.2. The van der Waals surface area contributed by atoms with Crippen LogP contribution in [0.3, 0.4) is 0 Å². The maximum atomic E-state index is 10.7. The number of piperazine rings is 1. The second kappa shape index (κ2) is 6.32. The molecule has 0 spiro atoms. The van der Waals surface area contributed by atoms with Crippen molar-refractivity contribution in [3.05, 3.63) is 11.7 Å². The van der Waals surface area contributed by atoms with E-state index in [0.717, 1.165) is 19.6 Å². The van der Waals surface area contributed by atoms with Gasteiger partial charge in [-0.1, -0.05) is 12.1 Å². The quantitative estimate of drug-likeness (QED) is 0.848. The van der Waals surface area contributed by atoms with E-state index in [2.05, 4.69) is 34.0 Å². The Morgan fingerprint density at radius 1 is 1.50 bits per heavy atom. The van der Waals surface area contributed by atoms with Gasteiger partial charge in [0.15, 0.2) is 5.82 Å². The molecule has 1 aliphatic heterocycles. The van der Waals surface area contributed by atoms with Crippen LogP contribution in [-0.2, 0) is 11.2 Å². The Hall–Kier alpha value is -1.47. The third kappa shape index (κ3) is 3.77. The molecule has 0 saturated carbocycles. The third-order valence-corrected chi connectivity index (χ3v) is 3.68. The topological polar surface area (TPSA) is 82.7 Å². The Kier molecular flexibility index (Phi) is 4.72. The molecular formula is C13H22N4O3. The maximum absolute atomic E-state index is 10.7. The normalized spacial score (nSPS) is 22.9. The van der Waals surface area contributed by atoms with Crippen LogP contribution in [0, 0.1) is 5.92 Å². The highest BCUT2D eigenvalue weighted by atomic mass is 16.5. The SMILES string of the molecule is CC(CC(=O)O)Cc1nc(C2CN(C)CCN2C)no1. The van der Waals surface area contributed by atoms with Crippen molar-refractivity contribution in [1.29, 1.82) is 0 Å². The van der Waals surface area contributed by atoms with E-state index in [-0.39, 0.29) is 18.4 Å². The number of aromatic nitrogens is 2. The molecule has 1 aromatic rings. The molecule has 0 radical (unpaired) electrons. The smallest absolute Gasteiger partial charge is 0.303 e. The third-order valence-electron chi connectivity index (χ3n) is 3.68. The number of likely N-dealkylation sites (N-methyl/N-ethyl adjacent to an activating group) is 2. The largest absolute Gasteiger partial charge is 0.481 e. The number of hydrogen-bond donors (Lipinski definition) is 1. The van der Waals surface area contributed by atoms with Gasteiger partial charge in [-0.3, -0.25) is 9.69 Å². The summed E-state index contributed by atoms with van der Waals surface area (Å²) in [5, 5.41) is 12.8. The molecule has 7 heteroatoms. The van der Waals surface area contributed by atoms with Gasteiger partial charge in [0.05, 0.1) is 6.04 Å². The lowest BCUT2D eigenvalue weighted by atomic mass is 10.0. The highest BCUT2D eigenvalue weighted by Gasteiger charge is 2.28. The van der Waals surface area contributed by atoms with Crippen LogP contribution in [0.2, 0.25) is 0 Å². The summed E-state index contributed by atoms with van der Waals surface area (Å²) in [6.07, 6.45) is 0.620. The van der Waals surface area contributed by atoms with Crippen LogP contribution in [0.1, 0.15) is 31.1 Å². The number of nitrogens with zero attached hydrogens (tertiary/aromatic N) is 4. The first-order valence-electron chi connectivity index (χ1n) is 6.88. The molecule has 0 aliphatic carbocycles. The lowest BCUT2D eigenvalue weighted by Crippen LogP contribution is -2.45. The summed E-state index contributed by atoms with van der Waals surface area (Å²) < 4.78 is 5.25. The zero-order chi connectivity index (χ0) is 14.7. The van der Waals surface area contributed by atoms with Gasteiger partial charge in [-0.2, -0.15) is 4.98 Å². The average molecular weight is 282 g/mol. The highest BCUT2D eigenvalue weighted by Crippen LogP contribution is 2.21. The summed E-state index contributed by atoms with van der Waals surface area (Å²) >= 11 is 0. The van der Waals surface area contributed by atoms with Crippen LogP contribution < -0.4 is 0 Å². The molecule has 2 unspecified atom stereocenters. The summed E-state index contributed by atoms with van der Waals surface area (Å²) in [6.45, 7) is 4.76. The summed E-state index contributed by atoms with van der Waals surface area (Å²) in [6, 6.07) is 0.140. The first kappa shape index (κ1) is 14.9. The predicted molar refractivity (Wildman–Crippen MR) is 72.3 cm³/mol. The Bertz CT molecular complexity index is 462. The van der Waals surface area contributed by atoms with Crippen molar-refractivity contribution >= 4 is 5.97 Å². The molecule has 0 aromatic carbocycles. The van der Waals surface area contributed by atoms with Crippen molar-refractivity contribution in [2.24, 2.45) is 5.92 Å². The highest BCUT2D eigenvalue weighted by molar-refractivity contribution is 5.66. The molecule has 2 heterocycles. The summed E-state index contributed by atoms with van der Waals surface area (Å²) in [4.78, 5) is 19.5. The Balaban J connectivity index is 1.99. The molecule has 1 fully saturated rings. The van der Waals surface area contributed by atoms with Gasteiger partial charge < -0.3 is 14.5 Å². The van der Waals surface area contributed by atoms with E-state index in [1.54, 1.807) is 0 Å². The minimum absolute atomic E-state index is 0.00689. The van der Waals surface area contributed by atoms with E-state index in [0.29, 0.717) is 18.1 Å². The number of carboxylic acids is 1. The number of carboxylic acid groups (broad SMARTS) is 1. The molecule has 20 heavy (non-hydrogen) atoms. The number of carbonyl (C=O) groups is 1. The molecule has 1 N–H and O–H groups in total. The van der Waals surface area contributed by atoms with Gasteiger partial charge in [0.2, 0.25) is 5.89 Å². The van der Waals surface area contributed by atoms with Crippen molar-refractivity contribution in [2.75, 3.05) is 33.7 Å². The monoisotopic (exact) mass is 282 g/mol. The van der Waals surface area contributed by atoms with Gasteiger partial charge in [-0.15, -0.1) is 0 Å². The van der Waals surface area contributed by atoms with Crippen LogP contribution in [0.25, 0.3) is 0 Å². The van der Waals surface area contributed by atoms with Gasteiger partial charge >= 0.3 is 5.97 Å². The van der Waals surface area contributed by atoms with Gasteiger partial charge in [0.1, 0.15) is 0 Å². The molecule has 1 aromatic heterocycles. The predicted octanol–water partition coefficient (Wildman–Crippen LogP) is 0.641. The molecular weight excluding hydrogens is 260 g/mol. The number of rotatable bonds is 5. The summed E-state index contributed by atoms with van der Waals surface area (Å²) in [7, 11) is 4.14. The van der Waals surface area contributed by atoms with Crippen LogP contribution in [0.5, 0.6) is 0 Å². The van der Waals surface area contributed by atoms with E-state index in [1.165, 1.54) is 0 Å². The molecule has 7 nitrogen and oxygen atoms in total. The zero-order valence-corrected chi connectivity index (χ0v) is 12.2. The van der Waals surface area contributed by atoms with Crippen molar-refractivity contribution in [1.82, 2.24) is 19.9 Å². The molecule has 2 atom stereocenters. The first-order valence-corrected chi connectivity index (χ1v) is 6.88. The minimum atomic E-state index is -0.800. The van der Waals surface area contributed by atoms with Crippen molar-refractivity contribution < 1.29 is 14.4 Å². The van der Waals surface area contributed by atoms with Gasteiger partial charge in [0.25, 0.3) is 0 Å². The fraction of sp³-hybridized carbons (Fsp3) is 0.769. The second-order valence-corrected chi connectivity index (χ2v) is 5.71. The van der Waals surface area contributed by atoms with Crippen LogP contribution in [-0.4, -0.2) is 64.7 Å². The number of aliphatic carboxylic acids is 1. The van der Waals surface area contributed by atoms with Gasteiger partial charge in [-0.25, -0.2) is 0 Å². The average Bonchev–Trinajstić information content (AvgIpc) is 2.79. The molecule has 2 rings (SSSR count). The summed E-state index contributed by atoms with van der Waals surface area (Å²) in [5.74, 6) is 0.408. The molecule has 112 valence electrons. The molecule has 1 aliphatic rings. The van der Waals surface area contributed by atoms with E-state index < -0.39 is 5.97 Å². The Morgan fingerprint density at radius 2 is 2.25 bits per heavy atom. The van der Waals surface area contributed by atoms with E-state index in [9.17, 15) is 4.79 Å². The fourth-order valence-electron chi connectivity index (χ4n) is 2.44. The van der Waals surface area contributed by atoms with Gasteiger partial charge in [0, 0.05) is 32.5 Å². The molecule has 0 amide bonds. The lowest BCUT2D eigenvalue weighted by molar-refractivity contribution is -0.137. The van der Waals surface area contributed by atoms with Crippen molar-refractivity contribution in [2.45, 2.75) is 25.8 Å². The van der Waals surface area contributed by atoms with Gasteiger partial charge in [-0.05, 0) is 20.0 Å². The van der Waals surface area contributed by atoms with E-state index >= 15 is 0 Å². The maximum Gasteiger partial charge on any atom is 0.303 e. The standard InChI is InChI=1S/C13H22N4O3/c1-9(7-12(18)19)6-11-14-13(15-20-11)10-8-16(2)4-5-17(10)3/h9-10H,4-8H2,1-3H3,(H,18,19). The van der Waals surface area contributed by atoms with Crippen molar-refractivity contribution in [3.63, 3.8) is 0 Å². The van der Waals surface area contributed by atoms with Crippen LogP contribution >= 0.6 is 0 Å². The summed E-state index contributed by atoms with van der Waals surface area (Å²) in [5.41, 5.74) is 0. The van der Waals surface area contributed by atoms with E-state index in [4.69, 9.17) is 9.63 Å².